The zero-order valence-electron chi connectivity index (χ0n) is 18.6. The molecule has 1 aliphatic heterocycles. The van der Waals surface area contributed by atoms with Gasteiger partial charge < -0.3 is 43.2 Å². The van der Waals surface area contributed by atoms with Crippen LogP contribution >= 0.6 is 0 Å². The molecule has 1 heterocycles. The Hall–Kier alpha value is -3.22. The van der Waals surface area contributed by atoms with Crippen molar-refractivity contribution in [2.45, 2.75) is 56.7 Å². The van der Waals surface area contributed by atoms with Gasteiger partial charge in [0.05, 0.1) is 0 Å². The lowest BCUT2D eigenvalue weighted by Gasteiger charge is -2.18. The zero-order valence-corrected chi connectivity index (χ0v) is 18.6. The Morgan fingerprint density at radius 3 is 2.09 bits per heavy atom. The van der Waals surface area contributed by atoms with E-state index < -0.39 is 30.0 Å². The number of carboxylic acids is 3. The maximum Gasteiger partial charge on any atom is 0.320 e. The monoisotopic (exact) mass is 468 g/mol. The van der Waals surface area contributed by atoms with Gasteiger partial charge in [0.2, 0.25) is 0 Å². The highest BCUT2D eigenvalue weighted by molar-refractivity contribution is 5.74. The number of piperidine rings is 1. The minimum atomic E-state index is -1.00. The molecule has 0 amide bonds. The molecule has 2 rings (SSSR count). The molecule has 0 saturated carbocycles. The number of rotatable bonds is 9. The van der Waals surface area contributed by atoms with Crippen molar-refractivity contribution in [1.82, 2.24) is 10.6 Å². The average molecular weight is 469 g/mol. The van der Waals surface area contributed by atoms with E-state index in [2.05, 4.69) is 10.6 Å². The van der Waals surface area contributed by atoms with Crippen LogP contribution in [-0.4, -0.2) is 70.4 Å². The van der Waals surface area contributed by atoms with E-state index in [1.165, 1.54) is 0 Å². The summed E-state index contributed by atoms with van der Waals surface area (Å²) < 4.78 is 0. The van der Waals surface area contributed by atoms with Crippen LogP contribution in [0.15, 0.2) is 30.3 Å². The minimum absolute atomic E-state index is 0.112. The molecular weight excluding hydrogens is 432 g/mol. The predicted octanol–water partition coefficient (Wildman–Crippen LogP) is -0.484. The Morgan fingerprint density at radius 2 is 1.67 bits per heavy atom. The molecule has 1 saturated heterocycles. The molecule has 1 aromatic rings. The van der Waals surface area contributed by atoms with Crippen molar-refractivity contribution in [3.63, 3.8) is 0 Å². The third kappa shape index (κ3) is 16.1. The van der Waals surface area contributed by atoms with Crippen molar-refractivity contribution in [3.05, 3.63) is 35.9 Å². The van der Waals surface area contributed by atoms with Crippen LogP contribution in [-0.2, 0) is 20.8 Å². The van der Waals surface area contributed by atoms with Gasteiger partial charge in [0.25, 0.3) is 0 Å². The van der Waals surface area contributed by atoms with E-state index >= 15 is 0 Å². The molecule has 0 bridgehead atoms. The van der Waals surface area contributed by atoms with Crippen molar-refractivity contribution in [2.75, 3.05) is 13.1 Å². The molecular formula is C21H36N6O6. The Balaban J connectivity index is 0.000000470. The van der Waals surface area contributed by atoms with Gasteiger partial charge in [-0.2, -0.15) is 0 Å². The first kappa shape index (κ1) is 29.8. The van der Waals surface area contributed by atoms with E-state index in [1.807, 2.05) is 30.3 Å². The largest absolute Gasteiger partial charge is 0.480 e. The van der Waals surface area contributed by atoms with E-state index in [0.29, 0.717) is 25.8 Å². The van der Waals surface area contributed by atoms with Crippen LogP contribution in [0.4, 0.5) is 0 Å². The number of hydrogen-bond acceptors (Lipinski definition) is 7. The van der Waals surface area contributed by atoms with E-state index in [-0.39, 0.29) is 12.0 Å². The number of carboxylic acid groups (broad SMARTS) is 3. The summed E-state index contributed by atoms with van der Waals surface area (Å²) in [5, 5.41) is 37.6. The van der Waals surface area contributed by atoms with Crippen LogP contribution in [0.2, 0.25) is 0 Å². The molecule has 0 aliphatic carbocycles. The summed E-state index contributed by atoms with van der Waals surface area (Å²) in [5.41, 5.74) is 16.5. The van der Waals surface area contributed by atoms with Gasteiger partial charge in [-0.15, -0.1) is 0 Å². The topological polar surface area (TPSA) is 238 Å². The highest BCUT2D eigenvalue weighted by Gasteiger charge is 2.18. The van der Waals surface area contributed by atoms with Gasteiger partial charge in [-0.25, -0.2) is 0 Å². The average Bonchev–Trinajstić information content (AvgIpc) is 2.78. The quantitative estimate of drug-likeness (QED) is 0.127. The van der Waals surface area contributed by atoms with Gasteiger partial charge in [-0.3, -0.25) is 19.8 Å². The lowest BCUT2D eigenvalue weighted by molar-refractivity contribution is -0.140. The highest BCUT2D eigenvalue weighted by Crippen LogP contribution is 2.06. The number of nitrogens with two attached hydrogens (primary N) is 3. The molecule has 0 unspecified atom stereocenters. The summed E-state index contributed by atoms with van der Waals surface area (Å²) in [7, 11) is 0. The molecule has 3 atom stereocenters. The first-order chi connectivity index (χ1) is 15.5. The summed E-state index contributed by atoms with van der Waals surface area (Å²) in [6.45, 7) is 1.34. The number of benzene rings is 1. The van der Waals surface area contributed by atoms with Crippen LogP contribution in [0, 0.1) is 5.41 Å². The first-order valence-electron chi connectivity index (χ1n) is 10.6. The van der Waals surface area contributed by atoms with Gasteiger partial charge in [0, 0.05) is 6.54 Å². The normalized spacial score (nSPS) is 16.5. The second-order valence-corrected chi connectivity index (χ2v) is 7.40. The summed E-state index contributed by atoms with van der Waals surface area (Å²) in [4.78, 5) is 30.9. The number of nitrogens with one attached hydrogen (secondary N) is 3. The fraction of sp³-hybridized carbons (Fsp3) is 0.524. The van der Waals surface area contributed by atoms with E-state index in [0.717, 1.165) is 31.4 Å². The van der Waals surface area contributed by atoms with Crippen LogP contribution < -0.4 is 27.8 Å². The maximum absolute atomic E-state index is 10.4. The summed E-state index contributed by atoms with van der Waals surface area (Å²) in [6.07, 6.45) is 4.31. The Morgan fingerprint density at radius 1 is 1.06 bits per heavy atom. The van der Waals surface area contributed by atoms with Crippen LogP contribution in [0.25, 0.3) is 0 Å². The standard InChI is InChI=1S/C9H11NO2.C6H14N4O2.C6H11NO2/c10-8(9(11)12)6-7-4-2-1-3-5-7;7-4(5(11)12)2-1-3-10-6(8)9;8-6(9)5-3-1-2-4-7-5/h1-5,8H,6,10H2,(H,11,12);4H,1-3,7H2,(H,11,12)(H4,8,9,10);5,7H,1-4H2,(H,8,9)/t8-;4-;5-/m000/s1. The van der Waals surface area contributed by atoms with Crippen molar-refractivity contribution in [1.29, 1.82) is 5.41 Å². The number of guanidine groups is 1. The molecule has 186 valence electrons. The number of aliphatic carboxylic acids is 3. The highest BCUT2D eigenvalue weighted by atomic mass is 16.4. The van der Waals surface area contributed by atoms with Gasteiger partial charge in [-0.05, 0) is 44.2 Å². The second-order valence-electron chi connectivity index (χ2n) is 7.40. The molecule has 12 N–H and O–H groups in total. The van der Waals surface area contributed by atoms with Crippen LogP contribution in [0.3, 0.4) is 0 Å². The molecule has 12 heteroatoms. The fourth-order valence-electron chi connectivity index (χ4n) is 2.69. The van der Waals surface area contributed by atoms with Crippen molar-refractivity contribution < 1.29 is 29.7 Å². The minimum Gasteiger partial charge on any atom is -0.480 e. The molecule has 1 aliphatic rings. The van der Waals surface area contributed by atoms with Gasteiger partial charge in [0.15, 0.2) is 5.96 Å². The molecule has 12 nitrogen and oxygen atoms in total. The lowest BCUT2D eigenvalue weighted by Crippen LogP contribution is -2.40. The Kier molecular flexibility index (Phi) is 15.7. The third-order valence-corrected chi connectivity index (χ3v) is 4.55. The van der Waals surface area contributed by atoms with E-state index in [9.17, 15) is 14.4 Å². The SMILES string of the molecule is N=C(N)NCCC[C@H](N)C(=O)O.N[C@@H](Cc1ccccc1)C(=O)O.O=C(O)[C@@H]1CCCCN1. The lowest BCUT2D eigenvalue weighted by atomic mass is 10.1. The maximum atomic E-state index is 10.4. The Labute approximate surface area is 193 Å². The van der Waals surface area contributed by atoms with E-state index in [1.54, 1.807) is 0 Å². The fourth-order valence-corrected chi connectivity index (χ4v) is 2.69. The summed E-state index contributed by atoms with van der Waals surface area (Å²) in [6, 6.07) is 7.44. The molecule has 0 spiro atoms. The predicted molar refractivity (Wildman–Crippen MR) is 124 cm³/mol. The summed E-state index contributed by atoms with van der Waals surface area (Å²) in [5.74, 6) is -2.79. The molecule has 0 radical (unpaired) electrons. The second kappa shape index (κ2) is 17.3. The molecule has 33 heavy (non-hydrogen) atoms. The van der Waals surface area contributed by atoms with Crippen molar-refractivity contribution >= 4 is 23.9 Å². The number of carbonyl (C=O) groups is 3. The molecule has 0 aromatic heterocycles. The molecule has 1 aromatic carbocycles. The smallest absolute Gasteiger partial charge is 0.320 e. The van der Waals surface area contributed by atoms with Crippen molar-refractivity contribution in [3.8, 4) is 0 Å². The van der Waals surface area contributed by atoms with Gasteiger partial charge >= 0.3 is 17.9 Å². The Bertz CT molecular complexity index is 727. The first-order valence-corrected chi connectivity index (χ1v) is 10.6. The van der Waals surface area contributed by atoms with Crippen LogP contribution in [0.5, 0.6) is 0 Å². The van der Waals surface area contributed by atoms with Crippen molar-refractivity contribution in [2.24, 2.45) is 17.2 Å². The molecule has 1 fully saturated rings. The summed E-state index contributed by atoms with van der Waals surface area (Å²) >= 11 is 0. The third-order valence-electron chi connectivity index (χ3n) is 4.55. The van der Waals surface area contributed by atoms with Gasteiger partial charge in [0.1, 0.15) is 18.1 Å². The van der Waals surface area contributed by atoms with Gasteiger partial charge in [-0.1, -0.05) is 36.8 Å². The number of hydrogen-bond donors (Lipinski definition) is 9. The zero-order chi connectivity index (χ0) is 25.2. The van der Waals surface area contributed by atoms with Crippen LogP contribution in [0.1, 0.15) is 37.7 Å². The van der Waals surface area contributed by atoms with E-state index in [4.69, 9.17) is 37.9 Å².